The number of carbonyl (C=O) groups is 1. The van der Waals surface area contributed by atoms with Crippen molar-refractivity contribution in [2.75, 3.05) is 12.0 Å². The van der Waals surface area contributed by atoms with E-state index in [0.717, 1.165) is 22.7 Å². The number of carbonyl (C=O) groups excluding carboxylic acids is 1. The molecular formula is C28H26N4O4. The minimum absolute atomic E-state index is 0.112. The largest absolute Gasteiger partial charge is 0.497 e. The lowest BCUT2D eigenvalue weighted by atomic mass is 9.89. The molecule has 36 heavy (non-hydrogen) atoms. The molecule has 1 amide bonds. The molecule has 0 aliphatic carbocycles. The van der Waals surface area contributed by atoms with Gasteiger partial charge in [0.25, 0.3) is 5.91 Å². The predicted molar refractivity (Wildman–Crippen MR) is 135 cm³/mol. The molecule has 1 aliphatic rings. The highest BCUT2D eigenvalue weighted by molar-refractivity contribution is 6.05. The molecule has 2 unspecified atom stereocenters. The molecule has 8 heteroatoms. The number of amides is 1. The van der Waals surface area contributed by atoms with Gasteiger partial charge in [0.05, 0.1) is 19.9 Å². The van der Waals surface area contributed by atoms with Crippen LogP contribution in [-0.2, 0) is 17.9 Å². The molecule has 1 aliphatic heterocycles. The van der Waals surface area contributed by atoms with Crippen molar-refractivity contribution in [3.8, 4) is 17.2 Å². The Balaban J connectivity index is 1.34. The van der Waals surface area contributed by atoms with Crippen molar-refractivity contribution in [3.05, 3.63) is 109 Å². The Kier molecular flexibility index (Phi) is 6.66. The van der Waals surface area contributed by atoms with Gasteiger partial charge in [0, 0.05) is 5.69 Å². The lowest BCUT2D eigenvalue weighted by molar-refractivity contribution is -0.135. The Bertz CT molecular complexity index is 1340. The van der Waals surface area contributed by atoms with Crippen molar-refractivity contribution in [1.29, 1.82) is 0 Å². The Morgan fingerprint density at radius 1 is 0.972 bits per heavy atom. The van der Waals surface area contributed by atoms with Crippen LogP contribution in [-0.4, -0.2) is 34.1 Å². The molecule has 4 aromatic rings. The highest BCUT2D eigenvalue weighted by Gasteiger charge is 2.51. The summed E-state index contributed by atoms with van der Waals surface area (Å²) in [5.74, 6) is 1.93. The Morgan fingerprint density at radius 3 is 2.50 bits per heavy atom. The topological polar surface area (TPSA) is 78.7 Å². The van der Waals surface area contributed by atoms with Gasteiger partial charge in [-0.15, -0.1) is 11.7 Å². The lowest BCUT2D eigenvalue weighted by Gasteiger charge is -2.46. The normalized spacial score (nSPS) is 16.8. The zero-order valence-electron chi connectivity index (χ0n) is 19.9. The summed E-state index contributed by atoms with van der Waals surface area (Å²) in [6, 6.07) is 24.2. The average Bonchev–Trinajstić information content (AvgIpc) is 3.37. The summed E-state index contributed by atoms with van der Waals surface area (Å²) in [4.78, 5) is 15.0. The number of ether oxygens (including phenoxy) is 3. The van der Waals surface area contributed by atoms with E-state index in [1.54, 1.807) is 22.8 Å². The Morgan fingerprint density at radius 2 is 1.75 bits per heavy atom. The van der Waals surface area contributed by atoms with Crippen LogP contribution in [0.2, 0.25) is 0 Å². The fourth-order valence-electron chi connectivity index (χ4n) is 4.15. The molecule has 2 atom stereocenters. The van der Waals surface area contributed by atoms with Crippen molar-refractivity contribution < 1.29 is 19.0 Å². The van der Waals surface area contributed by atoms with Gasteiger partial charge in [0.1, 0.15) is 35.6 Å². The number of methoxy groups -OCH3 is 1. The maximum Gasteiger partial charge on any atom is 0.271 e. The van der Waals surface area contributed by atoms with Crippen LogP contribution in [0.15, 0.2) is 97.7 Å². The maximum atomic E-state index is 13.3. The summed E-state index contributed by atoms with van der Waals surface area (Å²) in [6.45, 7) is 4.58. The van der Waals surface area contributed by atoms with Crippen LogP contribution in [0, 0.1) is 0 Å². The molecule has 0 N–H and O–H groups in total. The summed E-state index contributed by atoms with van der Waals surface area (Å²) in [5.41, 5.74) is 2.40. The van der Waals surface area contributed by atoms with Crippen molar-refractivity contribution in [2.24, 2.45) is 0 Å². The van der Waals surface area contributed by atoms with E-state index >= 15 is 0 Å². The summed E-state index contributed by atoms with van der Waals surface area (Å²) >= 11 is 0. The molecule has 1 fully saturated rings. The van der Waals surface area contributed by atoms with E-state index < -0.39 is 6.10 Å². The first kappa shape index (κ1) is 23.2. The second kappa shape index (κ2) is 10.4. The SMILES string of the molecule is C=CCn1cc(COc2ccc(N3C(=O)C(Oc4ccccc4)C3c3cccc(OC)c3)cc2)nn1. The Labute approximate surface area is 209 Å². The van der Waals surface area contributed by atoms with Gasteiger partial charge >= 0.3 is 0 Å². The van der Waals surface area contributed by atoms with E-state index in [-0.39, 0.29) is 11.9 Å². The number of aromatic nitrogens is 3. The van der Waals surface area contributed by atoms with E-state index in [4.69, 9.17) is 14.2 Å². The molecule has 8 nitrogen and oxygen atoms in total. The monoisotopic (exact) mass is 482 g/mol. The van der Waals surface area contributed by atoms with Crippen LogP contribution in [0.25, 0.3) is 0 Å². The van der Waals surface area contributed by atoms with Crippen LogP contribution in [0.4, 0.5) is 5.69 Å². The molecule has 0 spiro atoms. The van der Waals surface area contributed by atoms with E-state index in [0.29, 0.717) is 24.7 Å². The number of benzene rings is 3. The van der Waals surface area contributed by atoms with E-state index in [2.05, 4.69) is 16.9 Å². The molecule has 0 bridgehead atoms. The van der Waals surface area contributed by atoms with Crippen molar-refractivity contribution >= 4 is 11.6 Å². The third kappa shape index (κ3) is 4.79. The van der Waals surface area contributed by atoms with Crippen molar-refractivity contribution in [1.82, 2.24) is 15.0 Å². The molecular weight excluding hydrogens is 456 g/mol. The summed E-state index contributed by atoms with van der Waals surface area (Å²) in [7, 11) is 1.62. The molecule has 0 saturated carbocycles. The number of para-hydroxylation sites is 1. The maximum absolute atomic E-state index is 13.3. The smallest absolute Gasteiger partial charge is 0.271 e. The van der Waals surface area contributed by atoms with Gasteiger partial charge in [-0.1, -0.05) is 41.6 Å². The van der Waals surface area contributed by atoms with Crippen molar-refractivity contribution in [2.45, 2.75) is 25.3 Å². The van der Waals surface area contributed by atoms with Gasteiger partial charge in [-0.25, -0.2) is 4.68 Å². The summed E-state index contributed by atoms with van der Waals surface area (Å²) in [6.07, 6.45) is 2.93. The fourth-order valence-corrected chi connectivity index (χ4v) is 4.15. The van der Waals surface area contributed by atoms with Crippen molar-refractivity contribution in [3.63, 3.8) is 0 Å². The third-order valence-corrected chi connectivity index (χ3v) is 5.89. The highest BCUT2D eigenvalue weighted by atomic mass is 16.5. The predicted octanol–water partition coefficient (Wildman–Crippen LogP) is 4.59. The van der Waals surface area contributed by atoms with Gasteiger partial charge in [0.2, 0.25) is 6.10 Å². The molecule has 1 saturated heterocycles. The summed E-state index contributed by atoms with van der Waals surface area (Å²) in [5, 5.41) is 8.11. The van der Waals surface area contributed by atoms with Crippen LogP contribution in [0.3, 0.4) is 0 Å². The van der Waals surface area contributed by atoms with Gasteiger partial charge < -0.3 is 14.2 Å². The molecule has 2 heterocycles. The molecule has 182 valence electrons. The van der Waals surface area contributed by atoms with Gasteiger partial charge in [-0.05, 0) is 54.1 Å². The van der Waals surface area contributed by atoms with Crippen LogP contribution in [0.1, 0.15) is 17.3 Å². The lowest BCUT2D eigenvalue weighted by Crippen LogP contribution is -2.61. The van der Waals surface area contributed by atoms with Gasteiger partial charge in [-0.2, -0.15) is 0 Å². The van der Waals surface area contributed by atoms with Crippen LogP contribution >= 0.6 is 0 Å². The first-order chi connectivity index (χ1) is 17.7. The number of hydrogen-bond acceptors (Lipinski definition) is 6. The Hall–Kier alpha value is -4.59. The fraction of sp³-hybridized carbons (Fsp3) is 0.179. The minimum Gasteiger partial charge on any atom is -0.497 e. The highest BCUT2D eigenvalue weighted by Crippen LogP contribution is 2.42. The van der Waals surface area contributed by atoms with Gasteiger partial charge in [-0.3, -0.25) is 9.69 Å². The second-order valence-electron chi connectivity index (χ2n) is 8.28. The number of nitrogens with zero attached hydrogens (tertiary/aromatic N) is 4. The average molecular weight is 483 g/mol. The number of β-lactam (4-membered cyclic amide) rings is 1. The molecule has 3 aromatic carbocycles. The van der Waals surface area contributed by atoms with Crippen LogP contribution in [0.5, 0.6) is 17.2 Å². The minimum atomic E-state index is -0.645. The quantitative estimate of drug-likeness (QED) is 0.243. The standard InChI is InChI=1S/C28H26N4O4/c1-3-16-31-18-21(29-30-31)19-35-23-14-12-22(13-15-23)32-26(20-8-7-11-25(17-20)34-2)27(28(32)33)36-24-9-5-4-6-10-24/h3-15,17-18,26-27H,1,16,19H2,2H3. The molecule has 0 radical (unpaired) electrons. The van der Waals surface area contributed by atoms with Crippen LogP contribution < -0.4 is 19.1 Å². The first-order valence-electron chi connectivity index (χ1n) is 11.6. The zero-order valence-corrected chi connectivity index (χ0v) is 19.9. The number of hydrogen-bond donors (Lipinski definition) is 0. The first-order valence-corrected chi connectivity index (χ1v) is 11.6. The van der Waals surface area contributed by atoms with Gasteiger partial charge in [0.15, 0.2) is 0 Å². The second-order valence-corrected chi connectivity index (χ2v) is 8.28. The zero-order chi connectivity index (χ0) is 24.9. The molecule has 5 rings (SSSR count). The number of anilines is 1. The molecule has 1 aromatic heterocycles. The number of allylic oxidation sites excluding steroid dienone is 1. The number of rotatable bonds is 10. The van der Waals surface area contributed by atoms with E-state index in [9.17, 15) is 4.79 Å². The third-order valence-electron chi connectivity index (χ3n) is 5.89. The van der Waals surface area contributed by atoms with E-state index in [1.165, 1.54) is 0 Å². The van der Waals surface area contributed by atoms with E-state index in [1.807, 2.05) is 85.1 Å². The summed E-state index contributed by atoms with van der Waals surface area (Å²) < 4.78 is 19.1.